The minimum absolute atomic E-state index is 0.0804. The lowest BCUT2D eigenvalue weighted by atomic mass is 9.91. The number of halogens is 2. The second-order valence-electron chi connectivity index (χ2n) is 5.14. The molecule has 1 aliphatic rings. The van der Waals surface area contributed by atoms with E-state index in [1.54, 1.807) is 7.05 Å². The summed E-state index contributed by atoms with van der Waals surface area (Å²) in [6, 6.07) is 2.27. The van der Waals surface area contributed by atoms with Crippen molar-refractivity contribution < 1.29 is 13.9 Å². The molecule has 0 amide bonds. The number of hydrogen-bond acceptors (Lipinski definition) is 3. The summed E-state index contributed by atoms with van der Waals surface area (Å²) in [5.41, 5.74) is 5.74. The Morgan fingerprint density at radius 1 is 1.26 bits per heavy atom. The normalized spacial score (nSPS) is 23.4. The van der Waals surface area contributed by atoms with Crippen molar-refractivity contribution in [2.75, 3.05) is 11.9 Å². The molecule has 2 rings (SSSR count). The predicted octanol–water partition coefficient (Wildman–Crippen LogP) is 2.16. The Hall–Kier alpha value is -1.20. The molecule has 0 bridgehead atoms. The molecule has 106 valence electrons. The number of benzene rings is 1. The smallest absolute Gasteiger partial charge is 0.149 e. The first-order valence-electron chi connectivity index (χ1n) is 6.63. The lowest BCUT2D eigenvalue weighted by molar-refractivity contribution is 0.105. The van der Waals surface area contributed by atoms with Crippen LogP contribution in [-0.2, 0) is 6.54 Å². The first kappa shape index (κ1) is 14.2. The van der Waals surface area contributed by atoms with E-state index < -0.39 is 17.7 Å². The summed E-state index contributed by atoms with van der Waals surface area (Å²) in [6.45, 7) is 0.101. The van der Waals surface area contributed by atoms with E-state index in [0.29, 0.717) is 12.0 Å². The Kier molecular flexibility index (Phi) is 4.37. The van der Waals surface area contributed by atoms with Crippen molar-refractivity contribution in [2.45, 2.75) is 44.4 Å². The summed E-state index contributed by atoms with van der Waals surface area (Å²) >= 11 is 0. The standard InChI is InChI=1S/C14H20F2N2O/c1-18(12-4-2-3-5-13(12)19)14-10(15)6-9(8-17)7-11(14)16/h6-7,12-13,19H,2-5,8,17H2,1H3. The van der Waals surface area contributed by atoms with Crippen LogP contribution in [0.4, 0.5) is 14.5 Å². The highest BCUT2D eigenvalue weighted by Crippen LogP contribution is 2.30. The SMILES string of the molecule is CN(c1c(F)cc(CN)cc1F)C1CCCCC1O. The molecule has 1 aromatic rings. The molecule has 0 saturated heterocycles. The molecule has 0 spiro atoms. The summed E-state index contributed by atoms with van der Waals surface area (Å²) in [4.78, 5) is 1.52. The van der Waals surface area contributed by atoms with Gasteiger partial charge < -0.3 is 15.7 Å². The fourth-order valence-corrected chi connectivity index (χ4v) is 2.78. The summed E-state index contributed by atoms with van der Waals surface area (Å²) in [7, 11) is 1.63. The quantitative estimate of drug-likeness (QED) is 0.885. The van der Waals surface area contributed by atoms with Gasteiger partial charge in [-0.2, -0.15) is 0 Å². The number of aliphatic hydroxyl groups is 1. The Labute approximate surface area is 112 Å². The molecule has 1 fully saturated rings. The van der Waals surface area contributed by atoms with Crippen molar-refractivity contribution >= 4 is 5.69 Å². The summed E-state index contributed by atoms with van der Waals surface area (Å²) < 4.78 is 28.0. The number of rotatable bonds is 3. The van der Waals surface area contributed by atoms with Crippen LogP contribution in [0.5, 0.6) is 0 Å². The third kappa shape index (κ3) is 2.87. The first-order chi connectivity index (χ1) is 9.04. The fraction of sp³-hybridized carbons (Fsp3) is 0.571. The average Bonchev–Trinajstić information content (AvgIpc) is 2.38. The minimum Gasteiger partial charge on any atom is -0.391 e. The van der Waals surface area contributed by atoms with Crippen LogP contribution >= 0.6 is 0 Å². The zero-order chi connectivity index (χ0) is 14.0. The molecule has 19 heavy (non-hydrogen) atoms. The monoisotopic (exact) mass is 270 g/mol. The summed E-state index contributed by atoms with van der Waals surface area (Å²) in [6.07, 6.45) is 2.82. The Balaban J connectivity index is 2.30. The zero-order valence-electron chi connectivity index (χ0n) is 11.1. The third-order valence-electron chi connectivity index (χ3n) is 3.86. The van der Waals surface area contributed by atoms with Gasteiger partial charge in [-0.1, -0.05) is 12.8 Å². The van der Waals surface area contributed by atoms with Gasteiger partial charge in [-0.15, -0.1) is 0 Å². The lowest BCUT2D eigenvalue weighted by Crippen LogP contribution is -2.44. The van der Waals surface area contributed by atoms with Gasteiger partial charge in [-0.05, 0) is 30.5 Å². The van der Waals surface area contributed by atoms with Crippen molar-refractivity contribution in [3.05, 3.63) is 29.3 Å². The van der Waals surface area contributed by atoms with Crippen LogP contribution in [0.25, 0.3) is 0 Å². The van der Waals surface area contributed by atoms with Gasteiger partial charge in [0, 0.05) is 13.6 Å². The van der Waals surface area contributed by atoms with E-state index in [1.807, 2.05) is 0 Å². The van der Waals surface area contributed by atoms with Gasteiger partial charge in [0.25, 0.3) is 0 Å². The molecule has 0 aromatic heterocycles. The number of aliphatic hydroxyl groups excluding tert-OH is 1. The van der Waals surface area contributed by atoms with Crippen molar-refractivity contribution in [3.8, 4) is 0 Å². The van der Waals surface area contributed by atoms with Crippen LogP contribution in [0, 0.1) is 11.6 Å². The molecule has 2 atom stereocenters. The molecular formula is C14H20F2N2O. The van der Waals surface area contributed by atoms with Gasteiger partial charge >= 0.3 is 0 Å². The predicted molar refractivity (Wildman–Crippen MR) is 70.9 cm³/mol. The Morgan fingerprint density at radius 3 is 2.37 bits per heavy atom. The largest absolute Gasteiger partial charge is 0.391 e. The summed E-state index contributed by atoms with van der Waals surface area (Å²) in [5.74, 6) is -1.25. The van der Waals surface area contributed by atoms with E-state index >= 15 is 0 Å². The summed E-state index contributed by atoms with van der Waals surface area (Å²) in [5, 5.41) is 9.98. The highest BCUT2D eigenvalue weighted by Gasteiger charge is 2.29. The van der Waals surface area contributed by atoms with E-state index in [1.165, 1.54) is 17.0 Å². The highest BCUT2D eigenvalue weighted by atomic mass is 19.1. The zero-order valence-corrected chi connectivity index (χ0v) is 11.1. The molecule has 5 heteroatoms. The maximum atomic E-state index is 14.0. The van der Waals surface area contributed by atoms with E-state index in [0.717, 1.165) is 19.3 Å². The minimum atomic E-state index is -0.624. The number of likely N-dealkylation sites (N-methyl/N-ethyl adjacent to an activating group) is 1. The molecule has 3 N–H and O–H groups in total. The highest BCUT2D eigenvalue weighted by molar-refractivity contribution is 5.51. The molecule has 3 nitrogen and oxygen atoms in total. The Morgan fingerprint density at radius 2 is 1.84 bits per heavy atom. The first-order valence-corrected chi connectivity index (χ1v) is 6.63. The van der Waals surface area contributed by atoms with Gasteiger partial charge in [0.05, 0.1) is 12.1 Å². The molecule has 1 aliphatic carbocycles. The van der Waals surface area contributed by atoms with E-state index in [-0.39, 0.29) is 18.3 Å². The van der Waals surface area contributed by atoms with Crippen molar-refractivity contribution in [1.82, 2.24) is 0 Å². The molecule has 0 aliphatic heterocycles. The second kappa shape index (κ2) is 5.84. The molecular weight excluding hydrogens is 250 g/mol. The molecule has 1 aromatic carbocycles. The number of nitrogens with two attached hydrogens (primary N) is 1. The fourth-order valence-electron chi connectivity index (χ4n) is 2.78. The average molecular weight is 270 g/mol. The van der Waals surface area contributed by atoms with Crippen LogP contribution < -0.4 is 10.6 Å². The van der Waals surface area contributed by atoms with Crippen molar-refractivity contribution in [2.24, 2.45) is 5.73 Å². The second-order valence-corrected chi connectivity index (χ2v) is 5.14. The van der Waals surface area contributed by atoms with Crippen LogP contribution in [0.2, 0.25) is 0 Å². The number of nitrogens with zero attached hydrogens (tertiary/aromatic N) is 1. The van der Waals surface area contributed by atoms with Crippen molar-refractivity contribution in [1.29, 1.82) is 0 Å². The lowest BCUT2D eigenvalue weighted by Gasteiger charge is -2.36. The maximum Gasteiger partial charge on any atom is 0.149 e. The number of anilines is 1. The number of hydrogen-bond donors (Lipinski definition) is 2. The molecule has 0 heterocycles. The van der Waals surface area contributed by atoms with Gasteiger partial charge in [-0.25, -0.2) is 8.78 Å². The van der Waals surface area contributed by atoms with Crippen molar-refractivity contribution in [3.63, 3.8) is 0 Å². The van der Waals surface area contributed by atoms with Gasteiger partial charge in [0.15, 0.2) is 0 Å². The Bertz CT molecular complexity index is 430. The molecule has 0 radical (unpaired) electrons. The van der Waals surface area contributed by atoms with Crippen LogP contribution in [0.1, 0.15) is 31.2 Å². The van der Waals surface area contributed by atoms with Crippen LogP contribution in [-0.4, -0.2) is 24.3 Å². The van der Waals surface area contributed by atoms with Crippen LogP contribution in [0.3, 0.4) is 0 Å². The van der Waals surface area contributed by atoms with Gasteiger partial charge in [0.1, 0.15) is 17.3 Å². The topological polar surface area (TPSA) is 49.5 Å². The van der Waals surface area contributed by atoms with E-state index in [9.17, 15) is 13.9 Å². The van der Waals surface area contributed by atoms with E-state index in [4.69, 9.17) is 5.73 Å². The van der Waals surface area contributed by atoms with E-state index in [2.05, 4.69) is 0 Å². The molecule has 1 saturated carbocycles. The van der Waals surface area contributed by atoms with Gasteiger partial charge in [-0.3, -0.25) is 0 Å². The maximum absolute atomic E-state index is 14.0. The molecule has 2 unspecified atom stereocenters. The van der Waals surface area contributed by atoms with Gasteiger partial charge in [0.2, 0.25) is 0 Å². The third-order valence-corrected chi connectivity index (χ3v) is 3.86. The van der Waals surface area contributed by atoms with Crippen LogP contribution in [0.15, 0.2) is 12.1 Å².